The minimum absolute atomic E-state index is 0.112. The molecule has 0 radical (unpaired) electrons. The zero-order valence-electron chi connectivity index (χ0n) is 10.9. The number of nitrogens with zero attached hydrogens (tertiary/aromatic N) is 2. The Kier molecular flexibility index (Phi) is 2.82. The van der Waals surface area contributed by atoms with Crippen molar-refractivity contribution in [1.29, 1.82) is 0 Å². The van der Waals surface area contributed by atoms with Gasteiger partial charge in [0.05, 0.1) is 11.7 Å². The fourth-order valence-electron chi connectivity index (χ4n) is 2.82. The number of aryl methyl sites for hydroxylation is 1. The molecule has 3 heteroatoms. The second-order valence-electron chi connectivity index (χ2n) is 5.77. The summed E-state index contributed by atoms with van der Waals surface area (Å²) in [5, 5.41) is 8.12. The maximum Gasteiger partial charge on any atom is 0.0540 e. The minimum Gasteiger partial charge on any atom is -0.307 e. The molecule has 1 unspecified atom stereocenters. The van der Waals surface area contributed by atoms with E-state index in [1.165, 1.54) is 18.4 Å². The van der Waals surface area contributed by atoms with Gasteiger partial charge < -0.3 is 5.32 Å². The van der Waals surface area contributed by atoms with Crippen molar-refractivity contribution >= 4 is 0 Å². The molecular formula is C13H23N3. The highest BCUT2D eigenvalue weighted by Crippen LogP contribution is 2.45. The van der Waals surface area contributed by atoms with Crippen molar-refractivity contribution in [3.8, 4) is 0 Å². The number of rotatable bonds is 2. The van der Waals surface area contributed by atoms with Crippen molar-refractivity contribution in [1.82, 2.24) is 15.1 Å². The van der Waals surface area contributed by atoms with Crippen molar-refractivity contribution in [2.75, 3.05) is 6.54 Å². The van der Waals surface area contributed by atoms with Crippen LogP contribution in [-0.4, -0.2) is 16.3 Å². The van der Waals surface area contributed by atoms with Crippen LogP contribution in [0.25, 0.3) is 0 Å². The molecule has 1 N–H and O–H groups in total. The highest BCUT2D eigenvalue weighted by Gasteiger charge is 2.45. The van der Waals surface area contributed by atoms with Crippen LogP contribution in [0, 0.1) is 5.41 Å². The van der Waals surface area contributed by atoms with Gasteiger partial charge in [-0.3, -0.25) is 4.68 Å². The largest absolute Gasteiger partial charge is 0.307 e. The summed E-state index contributed by atoms with van der Waals surface area (Å²) in [5.74, 6) is 0. The SMILES string of the molecule is CCn1cc(C2(C(C)(C)C)CCCN2)cn1. The van der Waals surface area contributed by atoms with Gasteiger partial charge in [-0.05, 0) is 31.7 Å². The highest BCUT2D eigenvalue weighted by atomic mass is 15.3. The smallest absolute Gasteiger partial charge is 0.0540 e. The van der Waals surface area contributed by atoms with Crippen LogP contribution in [0.3, 0.4) is 0 Å². The Balaban J connectivity index is 2.40. The summed E-state index contributed by atoms with van der Waals surface area (Å²) in [4.78, 5) is 0. The number of hydrogen-bond donors (Lipinski definition) is 1. The van der Waals surface area contributed by atoms with Crippen molar-refractivity contribution in [2.45, 2.75) is 52.6 Å². The van der Waals surface area contributed by atoms with E-state index in [-0.39, 0.29) is 11.0 Å². The van der Waals surface area contributed by atoms with Gasteiger partial charge in [0.1, 0.15) is 0 Å². The number of hydrogen-bond acceptors (Lipinski definition) is 2. The molecule has 0 amide bonds. The third-order valence-corrected chi connectivity index (χ3v) is 3.89. The molecule has 0 aliphatic carbocycles. The Morgan fingerprint density at radius 1 is 1.50 bits per heavy atom. The first-order valence-corrected chi connectivity index (χ1v) is 6.27. The summed E-state index contributed by atoms with van der Waals surface area (Å²) in [7, 11) is 0. The van der Waals surface area contributed by atoms with Gasteiger partial charge in [-0.25, -0.2) is 0 Å². The van der Waals surface area contributed by atoms with E-state index in [0.29, 0.717) is 0 Å². The van der Waals surface area contributed by atoms with Gasteiger partial charge in [0.2, 0.25) is 0 Å². The normalized spacial score (nSPS) is 26.2. The minimum atomic E-state index is 0.112. The van der Waals surface area contributed by atoms with Crippen molar-refractivity contribution < 1.29 is 0 Å². The van der Waals surface area contributed by atoms with Gasteiger partial charge in [0, 0.05) is 18.3 Å². The molecule has 2 rings (SSSR count). The van der Waals surface area contributed by atoms with Gasteiger partial charge in [0.25, 0.3) is 0 Å². The van der Waals surface area contributed by atoms with E-state index in [2.05, 4.69) is 44.3 Å². The third-order valence-electron chi connectivity index (χ3n) is 3.89. The average molecular weight is 221 g/mol. The second kappa shape index (κ2) is 3.88. The Morgan fingerprint density at radius 2 is 2.25 bits per heavy atom. The van der Waals surface area contributed by atoms with Crippen LogP contribution < -0.4 is 5.32 Å². The number of aromatic nitrogens is 2. The zero-order chi connectivity index (χ0) is 11.8. The molecule has 1 fully saturated rings. The highest BCUT2D eigenvalue weighted by molar-refractivity contribution is 5.23. The van der Waals surface area contributed by atoms with Gasteiger partial charge in [-0.15, -0.1) is 0 Å². The standard InChI is InChI=1S/C13H23N3/c1-5-16-10-11(9-15-16)13(12(2,3)4)7-6-8-14-13/h9-10,14H,5-8H2,1-4H3. The Hall–Kier alpha value is -0.830. The molecule has 0 saturated carbocycles. The molecule has 0 aromatic carbocycles. The first-order valence-electron chi connectivity index (χ1n) is 6.27. The summed E-state index contributed by atoms with van der Waals surface area (Å²) in [6.07, 6.45) is 6.71. The Morgan fingerprint density at radius 3 is 2.69 bits per heavy atom. The lowest BCUT2D eigenvalue weighted by atomic mass is 9.69. The van der Waals surface area contributed by atoms with Gasteiger partial charge in [-0.1, -0.05) is 20.8 Å². The van der Waals surface area contributed by atoms with Gasteiger partial charge in [-0.2, -0.15) is 5.10 Å². The quantitative estimate of drug-likeness (QED) is 0.831. The lowest BCUT2D eigenvalue weighted by Crippen LogP contribution is -2.47. The van der Waals surface area contributed by atoms with Crippen LogP contribution in [0.15, 0.2) is 12.4 Å². The van der Waals surface area contributed by atoms with Crippen LogP contribution in [0.2, 0.25) is 0 Å². The predicted octanol–water partition coefficient (Wildman–Crippen LogP) is 2.53. The van der Waals surface area contributed by atoms with Crippen LogP contribution in [0.1, 0.15) is 46.1 Å². The van der Waals surface area contributed by atoms with Crippen LogP contribution in [-0.2, 0) is 12.1 Å². The summed E-state index contributed by atoms with van der Waals surface area (Å²) in [6, 6.07) is 0. The number of nitrogens with one attached hydrogen (secondary N) is 1. The van der Waals surface area contributed by atoms with Crippen LogP contribution >= 0.6 is 0 Å². The van der Waals surface area contributed by atoms with E-state index in [1.807, 2.05) is 10.9 Å². The molecule has 1 aliphatic rings. The topological polar surface area (TPSA) is 29.9 Å². The van der Waals surface area contributed by atoms with E-state index in [1.54, 1.807) is 0 Å². The molecule has 1 atom stereocenters. The molecule has 1 saturated heterocycles. The first kappa shape index (κ1) is 11.6. The molecule has 90 valence electrons. The molecular weight excluding hydrogens is 198 g/mol. The van der Waals surface area contributed by atoms with Crippen LogP contribution in [0.5, 0.6) is 0 Å². The van der Waals surface area contributed by atoms with E-state index >= 15 is 0 Å². The van der Waals surface area contributed by atoms with Gasteiger partial charge >= 0.3 is 0 Å². The fraction of sp³-hybridized carbons (Fsp3) is 0.769. The van der Waals surface area contributed by atoms with E-state index in [4.69, 9.17) is 0 Å². The van der Waals surface area contributed by atoms with E-state index in [0.717, 1.165) is 13.1 Å². The summed E-state index contributed by atoms with van der Waals surface area (Å²) < 4.78 is 2.02. The average Bonchev–Trinajstić information content (AvgIpc) is 2.86. The summed E-state index contributed by atoms with van der Waals surface area (Å²) in [5.41, 5.74) is 1.69. The maximum atomic E-state index is 4.41. The monoisotopic (exact) mass is 221 g/mol. The molecule has 0 bridgehead atoms. The van der Waals surface area contributed by atoms with E-state index in [9.17, 15) is 0 Å². The molecule has 1 aliphatic heterocycles. The molecule has 1 aromatic rings. The van der Waals surface area contributed by atoms with Crippen LogP contribution in [0.4, 0.5) is 0 Å². The predicted molar refractivity (Wildman–Crippen MR) is 66.3 cm³/mol. The van der Waals surface area contributed by atoms with Gasteiger partial charge in [0.15, 0.2) is 0 Å². The molecule has 3 nitrogen and oxygen atoms in total. The second-order valence-corrected chi connectivity index (χ2v) is 5.77. The Labute approximate surface area is 98.2 Å². The lowest BCUT2D eigenvalue weighted by Gasteiger charge is -2.41. The maximum absolute atomic E-state index is 4.41. The molecule has 1 aromatic heterocycles. The summed E-state index contributed by atoms with van der Waals surface area (Å²) >= 11 is 0. The van der Waals surface area contributed by atoms with E-state index < -0.39 is 0 Å². The Bertz CT molecular complexity index is 353. The molecule has 2 heterocycles. The van der Waals surface area contributed by atoms with Crippen molar-refractivity contribution in [3.63, 3.8) is 0 Å². The van der Waals surface area contributed by atoms with Crippen molar-refractivity contribution in [2.24, 2.45) is 5.41 Å². The lowest BCUT2D eigenvalue weighted by molar-refractivity contribution is 0.160. The molecule has 16 heavy (non-hydrogen) atoms. The summed E-state index contributed by atoms with van der Waals surface area (Å²) in [6.45, 7) is 11.1. The third kappa shape index (κ3) is 1.67. The van der Waals surface area contributed by atoms with Crippen molar-refractivity contribution in [3.05, 3.63) is 18.0 Å². The fourth-order valence-corrected chi connectivity index (χ4v) is 2.82. The molecule has 0 spiro atoms. The first-order chi connectivity index (χ1) is 7.49. The zero-order valence-corrected chi connectivity index (χ0v) is 10.9.